The Hall–Kier alpha value is -1.72. The summed E-state index contributed by atoms with van der Waals surface area (Å²) in [5.74, 6) is 0.258. The van der Waals surface area contributed by atoms with Crippen LogP contribution in [0.2, 0.25) is 0 Å². The molecule has 1 amide bonds. The molecule has 1 saturated heterocycles. The third-order valence-electron chi connectivity index (χ3n) is 2.37. The Balaban J connectivity index is 1.99. The first kappa shape index (κ1) is 8.86. The first-order valence-corrected chi connectivity index (χ1v) is 4.34. The van der Waals surface area contributed by atoms with Gasteiger partial charge in [-0.25, -0.2) is 0 Å². The Morgan fingerprint density at radius 3 is 2.86 bits per heavy atom. The second-order valence-electron chi connectivity index (χ2n) is 3.32. The van der Waals surface area contributed by atoms with Gasteiger partial charge in [-0.1, -0.05) is 0 Å². The van der Waals surface area contributed by atoms with Gasteiger partial charge in [0.05, 0.1) is 6.04 Å². The molecule has 0 radical (unpaired) electrons. The van der Waals surface area contributed by atoms with Gasteiger partial charge < -0.3 is 4.90 Å². The Labute approximate surface area is 80.5 Å². The van der Waals surface area contributed by atoms with Gasteiger partial charge in [-0.15, -0.1) is 10.0 Å². The Morgan fingerprint density at radius 2 is 2.36 bits per heavy atom. The highest BCUT2D eigenvalue weighted by Gasteiger charge is 2.30. The molecule has 0 N–H and O–H groups in total. The number of carbonyl (C=O) groups excluding carboxylic acids is 1. The number of hydrogen-bond acceptors (Lipinski definition) is 4. The third kappa shape index (κ3) is 1.39. The first-order valence-electron chi connectivity index (χ1n) is 4.34. The zero-order valence-corrected chi connectivity index (χ0v) is 7.75. The molecule has 0 aliphatic carbocycles. The highest BCUT2D eigenvalue weighted by Crippen LogP contribution is 2.21. The largest absolute Gasteiger partial charge is 0.339 e. The number of nitrogens with zero attached hydrogens (tertiary/aromatic N) is 4. The lowest BCUT2D eigenvalue weighted by atomic mass is 10.1. The molecule has 74 valence electrons. The second kappa shape index (κ2) is 3.21. The quantitative estimate of drug-likeness (QED) is 0.650. The molecule has 0 aromatic carbocycles. The molecular formula is C8H10N4O2. The van der Waals surface area contributed by atoms with E-state index in [1.54, 1.807) is 21.8 Å². The topological polar surface area (TPSA) is 67.6 Å². The Morgan fingerprint density at radius 1 is 1.64 bits per heavy atom. The molecule has 1 fully saturated rings. The molecule has 0 bridgehead atoms. The van der Waals surface area contributed by atoms with Crippen molar-refractivity contribution in [1.29, 1.82) is 0 Å². The molecule has 0 atom stereocenters. The molecule has 2 rings (SSSR count). The summed E-state index contributed by atoms with van der Waals surface area (Å²) in [7, 11) is 0. The van der Waals surface area contributed by atoms with Crippen LogP contribution in [0.4, 0.5) is 5.82 Å². The zero-order chi connectivity index (χ0) is 10.1. The normalized spacial score (nSPS) is 16.5. The van der Waals surface area contributed by atoms with Gasteiger partial charge in [0.1, 0.15) is 0 Å². The van der Waals surface area contributed by atoms with Crippen LogP contribution >= 0.6 is 0 Å². The van der Waals surface area contributed by atoms with Crippen molar-refractivity contribution in [2.24, 2.45) is 5.18 Å². The van der Waals surface area contributed by atoms with E-state index in [-0.39, 0.29) is 17.8 Å². The molecule has 1 aliphatic rings. The van der Waals surface area contributed by atoms with Gasteiger partial charge in [-0.05, 0) is 5.18 Å². The summed E-state index contributed by atoms with van der Waals surface area (Å²) in [6.07, 6.45) is 1.71. The summed E-state index contributed by atoms with van der Waals surface area (Å²) < 4.78 is 1.68. The lowest BCUT2D eigenvalue weighted by Gasteiger charge is -2.38. The molecule has 0 unspecified atom stereocenters. The molecule has 6 nitrogen and oxygen atoms in total. The minimum absolute atomic E-state index is 0.0714. The van der Waals surface area contributed by atoms with Crippen LogP contribution in [0.25, 0.3) is 0 Å². The fraction of sp³-hybridized carbons (Fsp3) is 0.500. The fourth-order valence-electron chi connectivity index (χ4n) is 1.46. The average Bonchev–Trinajstić information content (AvgIpc) is 2.49. The summed E-state index contributed by atoms with van der Waals surface area (Å²) >= 11 is 0. The van der Waals surface area contributed by atoms with Crippen molar-refractivity contribution in [3.63, 3.8) is 0 Å². The predicted octanol–water partition coefficient (Wildman–Crippen LogP) is 0.684. The number of nitroso groups, excluding NO2 is 1. The summed E-state index contributed by atoms with van der Waals surface area (Å²) in [4.78, 5) is 22.7. The lowest BCUT2D eigenvalue weighted by molar-refractivity contribution is -0.134. The van der Waals surface area contributed by atoms with Crippen LogP contribution in [-0.4, -0.2) is 33.7 Å². The lowest BCUT2D eigenvalue weighted by Crippen LogP contribution is -2.49. The number of rotatable bonds is 2. The van der Waals surface area contributed by atoms with E-state index in [0.29, 0.717) is 13.1 Å². The van der Waals surface area contributed by atoms with Crippen molar-refractivity contribution in [2.45, 2.75) is 13.0 Å². The maximum Gasteiger partial charge on any atom is 0.219 e. The molecule has 1 aliphatic heterocycles. The van der Waals surface area contributed by atoms with E-state index >= 15 is 0 Å². The Kier molecular flexibility index (Phi) is 2.03. The smallest absolute Gasteiger partial charge is 0.219 e. The van der Waals surface area contributed by atoms with E-state index in [0.717, 1.165) is 0 Å². The van der Waals surface area contributed by atoms with E-state index < -0.39 is 0 Å². The minimum atomic E-state index is 0.0714. The summed E-state index contributed by atoms with van der Waals surface area (Å²) in [5.41, 5.74) is 0. The van der Waals surface area contributed by atoms with Crippen molar-refractivity contribution in [2.75, 3.05) is 13.1 Å². The molecule has 6 heteroatoms. The summed E-state index contributed by atoms with van der Waals surface area (Å²) in [6.45, 7) is 2.86. The van der Waals surface area contributed by atoms with Crippen LogP contribution in [0.1, 0.15) is 13.0 Å². The van der Waals surface area contributed by atoms with Crippen LogP contribution in [-0.2, 0) is 4.79 Å². The van der Waals surface area contributed by atoms with Crippen molar-refractivity contribution in [1.82, 2.24) is 14.7 Å². The minimum Gasteiger partial charge on any atom is -0.339 e. The SMILES string of the molecule is CC(=O)N1CC(n2ccc(N=O)n2)C1. The molecule has 2 heterocycles. The molecule has 0 spiro atoms. The molecule has 0 saturated carbocycles. The molecule has 14 heavy (non-hydrogen) atoms. The van der Waals surface area contributed by atoms with E-state index in [4.69, 9.17) is 0 Å². The predicted molar refractivity (Wildman–Crippen MR) is 49.0 cm³/mol. The van der Waals surface area contributed by atoms with Crippen molar-refractivity contribution in [3.05, 3.63) is 17.2 Å². The molecule has 1 aromatic rings. The van der Waals surface area contributed by atoms with Gasteiger partial charge >= 0.3 is 0 Å². The number of carbonyl (C=O) groups is 1. The average molecular weight is 194 g/mol. The highest BCUT2D eigenvalue weighted by atomic mass is 16.3. The number of likely N-dealkylation sites (tertiary alicyclic amines) is 1. The third-order valence-corrected chi connectivity index (χ3v) is 2.37. The van der Waals surface area contributed by atoms with Gasteiger partial charge in [0.15, 0.2) is 0 Å². The zero-order valence-electron chi connectivity index (χ0n) is 7.75. The van der Waals surface area contributed by atoms with Gasteiger partial charge in [0, 0.05) is 32.3 Å². The Bertz CT molecular complexity index is 367. The van der Waals surface area contributed by atoms with Gasteiger partial charge in [-0.3, -0.25) is 9.48 Å². The van der Waals surface area contributed by atoms with Crippen molar-refractivity contribution >= 4 is 11.7 Å². The van der Waals surface area contributed by atoms with Crippen LogP contribution in [0.3, 0.4) is 0 Å². The van der Waals surface area contributed by atoms with E-state index in [9.17, 15) is 9.70 Å². The second-order valence-corrected chi connectivity index (χ2v) is 3.32. The standard InChI is InChI=1S/C8H10N4O2/c1-6(13)11-4-7(5-11)12-3-2-8(9-12)10-14/h2-3,7H,4-5H2,1H3. The van der Waals surface area contributed by atoms with Gasteiger partial charge in [-0.2, -0.15) is 0 Å². The van der Waals surface area contributed by atoms with Crippen LogP contribution in [0.5, 0.6) is 0 Å². The molecular weight excluding hydrogens is 184 g/mol. The number of hydrogen-bond donors (Lipinski definition) is 0. The van der Waals surface area contributed by atoms with E-state index in [1.807, 2.05) is 0 Å². The van der Waals surface area contributed by atoms with Crippen LogP contribution in [0.15, 0.2) is 17.4 Å². The highest BCUT2D eigenvalue weighted by molar-refractivity contribution is 5.74. The van der Waals surface area contributed by atoms with E-state index in [2.05, 4.69) is 10.3 Å². The summed E-state index contributed by atoms with van der Waals surface area (Å²) in [6, 6.07) is 1.75. The monoisotopic (exact) mass is 194 g/mol. The summed E-state index contributed by atoms with van der Waals surface area (Å²) in [5, 5.41) is 6.67. The van der Waals surface area contributed by atoms with Crippen LogP contribution in [0, 0.1) is 4.91 Å². The number of aromatic nitrogens is 2. The first-order chi connectivity index (χ1) is 6.70. The van der Waals surface area contributed by atoms with Crippen molar-refractivity contribution in [3.8, 4) is 0 Å². The van der Waals surface area contributed by atoms with E-state index in [1.165, 1.54) is 6.92 Å². The van der Waals surface area contributed by atoms with Gasteiger partial charge in [0.2, 0.25) is 11.7 Å². The fourth-order valence-corrected chi connectivity index (χ4v) is 1.46. The number of amides is 1. The van der Waals surface area contributed by atoms with Crippen LogP contribution < -0.4 is 0 Å². The van der Waals surface area contributed by atoms with Crippen molar-refractivity contribution < 1.29 is 4.79 Å². The maximum absolute atomic E-state index is 10.9. The maximum atomic E-state index is 10.9. The molecule has 1 aromatic heterocycles. The van der Waals surface area contributed by atoms with Gasteiger partial charge in [0.25, 0.3) is 0 Å².